The van der Waals surface area contributed by atoms with Gasteiger partial charge < -0.3 is 18.9 Å². The Labute approximate surface area is 157 Å². The van der Waals surface area contributed by atoms with Crippen molar-refractivity contribution in [2.24, 2.45) is 0 Å². The summed E-state index contributed by atoms with van der Waals surface area (Å²) in [6.45, 7) is 2.54. The molecule has 4 rings (SSSR count). The predicted molar refractivity (Wildman–Crippen MR) is 98.1 cm³/mol. The van der Waals surface area contributed by atoms with E-state index in [1.54, 1.807) is 30.3 Å². The Balaban J connectivity index is 1.51. The summed E-state index contributed by atoms with van der Waals surface area (Å²) >= 11 is 0. The van der Waals surface area contributed by atoms with Gasteiger partial charge in [0.25, 0.3) is 0 Å². The van der Waals surface area contributed by atoms with Crippen molar-refractivity contribution in [1.82, 2.24) is 0 Å². The summed E-state index contributed by atoms with van der Waals surface area (Å²) < 4.78 is 22.4. The van der Waals surface area contributed by atoms with Gasteiger partial charge >= 0.3 is 0 Å². The van der Waals surface area contributed by atoms with E-state index in [9.17, 15) is 5.26 Å². The number of hydrogen-bond acceptors (Lipinski definition) is 5. The summed E-state index contributed by atoms with van der Waals surface area (Å²) in [5.74, 6) is 3.17. The number of benzene rings is 3. The molecule has 0 aromatic heterocycles. The lowest BCUT2D eigenvalue weighted by Gasteiger charge is -2.11. The van der Waals surface area contributed by atoms with Crippen LogP contribution in [0.2, 0.25) is 0 Å². The van der Waals surface area contributed by atoms with E-state index in [4.69, 9.17) is 18.9 Å². The molecule has 3 aromatic rings. The van der Waals surface area contributed by atoms with Crippen LogP contribution < -0.4 is 18.9 Å². The van der Waals surface area contributed by atoms with Crippen molar-refractivity contribution in [2.75, 3.05) is 6.79 Å². The van der Waals surface area contributed by atoms with Crippen molar-refractivity contribution in [1.29, 1.82) is 5.26 Å². The maximum absolute atomic E-state index is 9.34. The molecule has 3 aromatic carbocycles. The number of nitrogens with zero attached hydrogens (tertiary/aromatic N) is 1. The van der Waals surface area contributed by atoms with Gasteiger partial charge in [-0.25, -0.2) is 0 Å². The monoisotopic (exact) mass is 358 g/mol. The normalized spacial score (nSPS) is 11.7. The van der Waals surface area contributed by atoms with Gasteiger partial charge in [0.2, 0.25) is 6.79 Å². The second-order valence-electron chi connectivity index (χ2n) is 6.06. The Morgan fingerprint density at radius 2 is 1.93 bits per heavy atom. The molecule has 0 N–H and O–H groups in total. The third kappa shape index (κ3) is 3.80. The van der Waals surface area contributed by atoms with E-state index in [-0.39, 0.29) is 6.79 Å². The van der Waals surface area contributed by atoms with Crippen LogP contribution in [-0.2, 0) is 6.61 Å². The van der Waals surface area contributed by atoms with E-state index in [0.717, 1.165) is 22.6 Å². The fourth-order valence-corrected chi connectivity index (χ4v) is 2.72. The van der Waals surface area contributed by atoms with Gasteiger partial charge in [0.15, 0.2) is 11.5 Å². The van der Waals surface area contributed by atoms with Crippen molar-refractivity contribution in [3.05, 3.63) is 77.4 Å². The summed E-state index contributed by atoms with van der Waals surface area (Å²) in [5.41, 5.74) is 2.36. The van der Waals surface area contributed by atoms with Crippen LogP contribution in [0, 0.1) is 24.3 Å². The highest BCUT2D eigenvalue weighted by atomic mass is 16.7. The molecule has 0 fully saturated rings. The van der Waals surface area contributed by atoms with E-state index >= 15 is 0 Å². The average Bonchev–Trinajstić information content (AvgIpc) is 3.14. The summed E-state index contributed by atoms with van der Waals surface area (Å²) in [7, 11) is 0. The van der Waals surface area contributed by atoms with Gasteiger partial charge in [-0.3, -0.25) is 0 Å². The molecule has 0 bridgehead atoms. The van der Waals surface area contributed by atoms with E-state index < -0.39 is 0 Å². The average molecular weight is 358 g/mol. The van der Waals surface area contributed by atoms with Crippen LogP contribution in [0.5, 0.6) is 28.7 Å². The highest BCUT2D eigenvalue weighted by Crippen LogP contribution is 2.33. The summed E-state index contributed by atoms with van der Waals surface area (Å²) in [6.07, 6.45) is 0. The van der Waals surface area contributed by atoms with Crippen LogP contribution in [0.1, 0.15) is 16.7 Å². The number of hydrogen-bond donors (Lipinski definition) is 0. The van der Waals surface area contributed by atoms with E-state index in [2.05, 4.69) is 12.1 Å². The maximum Gasteiger partial charge on any atom is 0.231 e. The smallest absolute Gasteiger partial charge is 0.231 e. The number of aryl methyl sites for hydroxylation is 1. The molecule has 1 aliphatic rings. The molecule has 1 heterocycles. The van der Waals surface area contributed by atoms with Crippen LogP contribution in [-0.4, -0.2) is 6.79 Å². The van der Waals surface area contributed by atoms with Gasteiger partial charge in [0.05, 0.1) is 5.56 Å². The van der Waals surface area contributed by atoms with Gasteiger partial charge in [0, 0.05) is 6.07 Å². The molecule has 0 aliphatic carbocycles. The summed E-state index contributed by atoms with van der Waals surface area (Å²) in [6, 6.07) is 21.5. The number of ether oxygens (including phenoxy) is 4. The van der Waals surface area contributed by atoms with Crippen LogP contribution in [0.15, 0.2) is 54.6 Å². The standard InChI is InChI=1S/C22H16NO4/c1-15-3-2-4-19(9-15)27-21-11-18(7-6-17(21)12-23)24-13-16-5-8-20-22(10-16)26-14-25-20/h2,4-11H,13-14H2,1H3. The van der Waals surface area contributed by atoms with Crippen molar-refractivity contribution in [3.8, 4) is 34.8 Å². The Kier molecular flexibility index (Phi) is 4.54. The molecule has 0 unspecified atom stereocenters. The quantitative estimate of drug-likeness (QED) is 0.658. The molecule has 5 nitrogen and oxygen atoms in total. The minimum Gasteiger partial charge on any atom is -0.489 e. The van der Waals surface area contributed by atoms with E-state index in [0.29, 0.717) is 29.4 Å². The second-order valence-corrected chi connectivity index (χ2v) is 6.06. The van der Waals surface area contributed by atoms with Gasteiger partial charge in [0.1, 0.15) is 29.9 Å². The SMILES string of the molecule is Cc1[c]ccc(Oc2cc(OCc3ccc4c(c3)OCO4)ccc2C#N)c1. The number of fused-ring (bicyclic) bond motifs is 1. The van der Waals surface area contributed by atoms with E-state index in [1.165, 1.54) is 0 Å². The van der Waals surface area contributed by atoms with Crippen molar-refractivity contribution in [2.45, 2.75) is 13.5 Å². The van der Waals surface area contributed by atoms with Crippen LogP contribution >= 0.6 is 0 Å². The molecule has 1 aliphatic heterocycles. The molecule has 0 amide bonds. The lowest BCUT2D eigenvalue weighted by Crippen LogP contribution is -1.97. The lowest BCUT2D eigenvalue weighted by atomic mass is 10.2. The van der Waals surface area contributed by atoms with Crippen LogP contribution in [0.25, 0.3) is 0 Å². The van der Waals surface area contributed by atoms with Crippen molar-refractivity contribution in [3.63, 3.8) is 0 Å². The zero-order valence-electron chi connectivity index (χ0n) is 14.7. The van der Waals surface area contributed by atoms with Gasteiger partial charge in [-0.05, 0) is 60.5 Å². The maximum atomic E-state index is 9.34. The zero-order chi connectivity index (χ0) is 18.6. The molecule has 1 radical (unpaired) electrons. The molecular formula is C22H16NO4. The van der Waals surface area contributed by atoms with E-state index in [1.807, 2.05) is 31.2 Å². The summed E-state index contributed by atoms with van der Waals surface area (Å²) in [5, 5.41) is 9.34. The van der Waals surface area contributed by atoms with Crippen molar-refractivity contribution >= 4 is 0 Å². The topological polar surface area (TPSA) is 60.7 Å². The number of nitriles is 1. The second kappa shape index (κ2) is 7.30. The Hall–Kier alpha value is -3.65. The third-order valence-electron chi connectivity index (χ3n) is 4.06. The first kappa shape index (κ1) is 16.8. The van der Waals surface area contributed by atoms with Gasteiger partial charge in [-0.15, -0.1) is 0 Å². The van der Waals surface area contributed by atoms with Gasteiger partial charge in [-0.2, -0.15) is 5.26 Å². The molecule has 0 atom stereocenters. The Morgan fingerprint density at radius 1 is 1.04 bits per heavy atom. The fraction of sp³-hybridized carbons (Fsp3) is 0.136. The fourth-order valence-electron chi connectivity index (χ4n) is 2.72. The molecule has 133 valence electrons. The molecule has 5 heteroatoms. The largest absolute Gasteiger partial charge is 0.489 e. The highest BCUT2D eigenvalue weighted by Gasteiger charge is 2.13. The molecule has 0 saturated carbocycles. The zero-order valence-corrected chi connectivity index (χ0v) is 14.7. The highest BCUT2D eigenvalue weighted by molar-refractivity contribution is 5.50. The molecule has 27 heavy (non-hydrogen) atoms. The third-order valence-corrected chi connectivity index (χ3v) is 4.06. The minimum absolute atomic E-state index is 0.243. The molecule has 0 spiro atoms. The van der Waals surface area contributed by atoms with Crippen LogP contribution in [0.3, 0.4) is 0 Å². The van der Waals surface area contributed by atoms with Crippen molar-refractivity contribution < 1.29 is 18.9 Å². The minimum atomic E-state index is 0.243. The van der Waals surface area contributed by atoms with Crippen LogP contribution in [0.4, 0.5) is 0 Å². The van der Waals surface area contributed by atoms with Gasteiger partial charge in [-0.1, -0.05) is 12.1 Å². The lowest BCUT2D eigenvalue weighted by molar-refractivity contribution is 0.174. The Morgan fingerprint density at radius 3 is 2.78 bits per heavy atom. The summed E-state index contributed by atoms with van der Waals surface area (Å²) in [4.78, 5) is 0. The Bertz CT molecular complexity index is 1020. The first-order chi connectivity index (χ1) is 13.2. The predicted octanol–water partition coefficient (Wildman–Crippen LogP) is 4.77. The number of rotatable bonds is 5. The molecule has 0 saturated heterocycles. The first-order valence-corrected chi connectivity index (χ1v) is 8.43. The molecular weight excluding hydrogens is 342 g/mol. The first-order valence-electron chi connectivity index (χ1n) is 8.43.